The molecular weight excluding hydrogens is 314 g/mol. The summed E-state index contributed by atoms with van der Waals surface area (Å²) < 4.78 is 10.6. The van der Waals surface area contributed by atoms with Crippen LogP contribution in [0.3, 0.4) is 0 Å². The first-order valence-corrected chi connectivity index (χ1v) is 8.35. The fourth-order valence-corrected chi connectivity index (χ4v) is 2.73. The third kappa shape index (κ3) is 4.86. The molecule has 0 fully saturated rings. The number of ether oxygens (including phenoxy) is 2. The van der Waals surface area contributed by atoms with Crippen molar-refractivity contribution in [1.29, 1.82) is 0 Å². The summed E-state index contributed by atoms with van der Waals surface area (Å²) in [5.74, 6) is 1.46. The summed E-state index contributed by atoms with van der Waals surface area (Å²) in [5, 5.41) is 3.05. The van der Waals surface area contributed by atoms with Crippen LogP contribution in [0.2, 0.25) is 0 Å². The number of methoxy groups -OCH3 is 2. The zero-order valence-corrected chi connectivity index (χ0v) is 15.2. The molecule has 0 bridgehead atoms. The molecule has 0 heterocycles. The first-order valence-electron chi connectivity index (χ1n) is 8.35. The third-order valence-corrected chi connectivity index (χ3v) is 4.10. The van der Waals surface area contributed by atoms with Gasteiger partial charge in [0.2, 0.25) is 5.91 Å². The SMILES string of the molecule is CC[C@@H](NC(=O)/C=C/c1ccccc1OC)c1ccc(OC)c(C)c1. The molecule has 0 saturated carbocycles. The summed E-state index contributed by atoms with van der Waals surface area (Å²) in [6.07, 6.45) is 4.11. The summed E-state index contributed by atoms with van der Waals surface area (Å²) in [6.45, 7) is 4.05. The lowest BCUT2D eigenvalue weighted by atomic mass is 10.0. The monoisotopic (exact) mass is 339 g/mol. The summed E-state index contributed by atoms with van der Waals surface area (Å²) >= 11 is 0. The molecule has 2 rings (SSSR count). The van der Waals surface area contributed by atoms with Gasteiger partial charge < -0.3 is 14.8 Å². The summed E-state index contributed by atoms with van der Waals surface area (Å²) in [6, 6.07) is 13.5. The first kappa shape index (κ1) is 18.6. The average Bonchev–Trinajstić information content (AvgIpc) is 2.64. The topological polar surface area (TPSA) is 47.6 Å². The van der Waals surface area contributed by atoms with Gasteiger partial charge in [-0.2, -0.15) is 0 Å². The predicted octanol–water partition coefficient (Wildman–Crippen LogP) is 4.29. The van der Waals surface area contributed by atoms with Gasteiger partial charge in [-0.3, -0.25) is 4.79 Å². The van der Waals surface area contributed by atoms with Gasteiger partial charge in [-0.15, -0.1) is 0 Å². The summed E-state index contributed by atoms with van der Waals surface area (Å²) in [7, 11) is 3.27. The van der Waals surface area contributed by atoms with Crippen LogP contribution in [0.4, 0.5) is 0 Å². The maximum atomic E-state index is 12.3. The van der Waals surface area contributed by atoms with Crippen molar-refractivity contribution in [3.63, 3.8) is 0 Å². The predicted molar refractivity (Wildman–Crippen MR) is 101 cm³/mol. The zero-order chi connectivity index (χ0) is 18.2. The van der Waals surface area contributed by atoms with Crippen LogP contribution in [0.15, 0.2) is 48.5 Å². The van der Waals surface area contributed by atoms with Crippen LogP contribution >= 0.6 is 0 Å². The van der Waals surface area contributed by atoms with Crippen LogP contribution in [0.1, 0.15) is 36.1 Å². The van der Waals surface area contributed by atoms with Crippen molar-refractivity contribution in [2.75, 3.05) is 14.2 Å². The molecule has 0 unspecified atom stereocenters. The third-order valence-electron chi connectivity index (χ3n) is 4.10. The van der Waals surface area contributed by atoms with E-state index in [1.54, 1.807) is 20.3 Å². The Morgan fingerprint density at radius 2 is 1.84 bits per heavy atom. The second-order valence-corrected chi connectivity index (χ2v) is 5.77. The highest BCUT2D eigenvalue weighted by Crippen LogP contribution is 2.24. The Hall–Kier alpha value is -2.75. The van der Waals surface area contributed by atoms with Crippen molar-refractivity contribution in [3.8, 4) is 11.5 Å². The molecule has 0 saturated heterocycles. The fourth-order valence-electron chi connectivity index (χ4n) is 2.73. The normalized spacial score (nSPS) is 12.0. The van der Waals surface area contributed by atoms with E-state index in [1.807, 2.05) is 43.3 Å². The summed E-state index contributed by atoms with van der Waals surface area (Å²) in [5.41, 5.74) is 2.99. The van der Waals surface area contributed by atoms with Gasteiger partial charge in [0.15, 0.2) is 0 Å². The van der Waals surface area contributed by atoms with E-state index in [0.29, 0.717) is 0 Å². The number of hydrogen-bond donors (Lipinski definition) is 1. The van der Waals surface area contributed by atoms with Crippen molar-refractivity contribution >= 4 is 12.0 Å². The van der Waals surface area contributed by atoms with E-state index < -0.39 is 0 Å². The minimum atomic E-state index is -0.133. The molecule has 1 atom stereocenters. The van der Waals surface area contributed by atoms with Crippen LogP contribution in [-0.2, 0) is 4.79 Å². The minimum Gasteiger partial charge on any atom is -0.496 e. The van der Waals surface area contributed by atoms with E-state index in [-0.39, 0.29) is 11.9 Å². The lowest BCUT2D eigenvalue weighted by molar-refractivity contribution is -0.117. The molecule has 132 valence electrons. The molecule has 0 aromatic heterocycles. The van der Waals surface area contributed by atoms with Crippen molar-refractivity contribution in [1.82, 2.24) is 5.32 Å². The molecule has 0 radical (unpaired) electrons. The molecule has 0 aliphatic heterocycles. The molecule has 25 heavy (non-hydrogen) atoms. The molecule has 0 aliphatic rings. The molecule has 0 spiro atoms. The smallest absolute Gasteiger partial charge is 0.244 e. The minimum absolute atomic E-state index is 0.0422. The van der Waals surface area contributed by atoms with E-state index in [9.17, 15) is 4.79 Å². The molecule has 1 amide bonds. The Balaban J connectivity index is 2.09. The van der Waals surface area contributed by atoms with Crippen molar-refractivity contribution in [3.05, 3.63) is 65.2 Å². The Morgan fingerprint density at radius 3 is 2.48 bits per heavy atom. The molecule has 4 heteroatoms. The fraction of sp³-hybridized carbons (Fsp3) is 0.286. The molecular formula is C21H25NO3. The molecule has 2 aromatic carbocycles. The van der Waals surface area contributed by atoms with E-state index in [1.165, 1.54) is 6.08 Å². The van der Waals surface area contributed by atoms with Crippen LogP contribution in [0.5, 0.6) is 11.5 Å². The number of carbonyl (C=O) groups is 1. The number of aryl methyl sites for hydroxylation is 1. The van der Waals surface area contributed by atoms with Gasteiger partial charge in [0.05, 0.1) is 20.3 Å². The van der Waals surface area contributed by atoms with Gasteiger partial charge in [-0.25, -0.2) is 0 Å². The van der Waals surface area contributed by atoms with Gasteiger partial charge >= 0.3 is 0 Å². The first-order chi connectivity index (χ1) is 12.1. The van der Waals surface area contributed by atoms with Crippen molar-refractivity contribution in [2.24, 2.45) is 0 Å². The lowest BCUT2D eigenvalue weighted by Crippen LogP contribution is -2.26. The van der Waals surface area contributed by atoms with E-state index in [4.69, 9.17) is 9.47 Å². The van der Waals surface area contributed by atoms with Gasteiger partial charge in [0.1, 0.15) is 11.5 Å². The Kier molecular flexibility index (Phi) is 6.63. The molecule has 4 nitrogen and oxygen atoms in total. The lowest BCUT2D eigenvalue weighted by Gasteiger charge is -2.18. The van der Waals surface area contributed by atoms with Crippen LogP contribution in [0.25, 0.3) is 6.08 Å². The maximum absolute atomic E-state index is 12.3. The van der Waals surface area contributed by atoms with E-state index in [2.05, 4.69) is 18.3 Å². The van der Waals surface area contributed by atoms with Crippen LogP contribution in [-0.4, -0.2) is 20.1 Å². The van der Waals surface area contributed by atoms with Crippen molar-refractivity contribution in [2.45, 2.75) is 26.3 Å². The zero-order valence-electron chi connectivity index (χ0n) is 15.2. The molecule has 1 N–H and O–H groups in total. The summed E-state index contributed by atoms with van der Waals surface area (Å²) in [4.78, 5) is 12.3. The Bertz CT molecular complexity index is 753. The highest BCUT2D eigenvalue weighted by atomic mass is 16.5. The van der Waals surface area contributed by atoms with Gasteiger partial charge in [0, 0.05) is 11.6 Å². The number of nitrogens with one attached hydrogen (secondary N) is 1. The number of carbonyl (C=O) groups excluding carboxylic acids is 1. The maximum Gasteiger partial charge on any atom is 0.244 e. The number of hydrogen-bond acceptors (Lipinski definition) is 3. The van der Waals surface area contributed by atoms with Crippen molar-refractivity contribution < 1.29 is 14.3 Å². The Morgan fingerprint density at radius 1 is 1.12 bits per heavy atom. The number of para-hydroxylation sites is 1. The number of rotatable bonds is 7. The largest absolute Gasteiger partial charge is 0.496 e. The quantitative estimate of drug-likeness (QED) is 0.765. The van der Waals surface area contributed by atoms with Crippen LogP contribution in [0, 0.1) is 6.92 Å². The number of amides is 1. The highest BCUT2D eigenvalue weighted by molar-refractivity contribution is 5.92. The molecule has 2 aromatic rings. The van der Waals surface area contributed by atoms with Gasteiger partial charge in [0.25, 0.3) is 0 Å². The standard InChI is InChI=1S/C21H25NO3/c1-5-18(17-10-12-19(24-3)15(2)14-17)22-21(23)13-11-16-8-6-7-9-20(16)25-4/h6-14,18H,5H2,1-4H3,(H,22,23)/b13-11+/t18-/m1/s1. The number of benzene rings is 2. The van der Waals surface area contributed by atoms with E-state index >= 15 is 0 Å². The second kappa shape index (κ2) is 8.92. The average molecular weight is 339 g/mol. The van der Waals surface area contributed by atoms with Gasteiger partial charge in [-0.05, 0) is 42.7 Å². The highest BCUT2D eigenvalue weighted by Gasteiger charge is 2.12. The van der Waals surface area contributed by atoms with E-state index in [0.717, 1.165) is 34.6 Å². The van der Waals surface area contributed by atoms with Gasteiger partial charge in [-0.1, -0.05) is 37.3 Å². The second-order valence-electron chi connectivity index (χ2n) is 5.77. The van der Waals surface area contributed by atoms with Crippen LogP contribution < -0.4 is 14.8 Å². The molecule has 0 aliphatic carbocycles. The Labute approximate surface area is 149 Å².